The van der Waals surface area contributed by atoms with Crippen LogP contribution in [0.2, 0.25) is 0 Å². The van der Waals surface area contributed by atoms with Crippen molar-refractivity contribution in [1.29, 1.82) is 0 Å². The third-order valence-electron chi connectivity index (χ3n) is 3.30. The smallest absolute Gasteiger partial charge is 0.224 e. The van der Waals surface area contributed by atoms with Gasteiger partial charge in [-0.25, -0.2) is 0 Å². The molecule has 1 amide bonds. The van der Waals surface area contributed by atoms with Gasteiger partial charge in [-0.1, -0.05) is 6.07 Å². The van der Waals surface area contributed by atoms with Crippen molar-refractivity contribution in [3.8, 4) is 5.75 Å². The number of benzene rings is 1. The molecule has 1 aromatic rings. The number of anilines is 2. The number of nitrogens with zero attached hydrogens (tertiary/aromatic N) is 1. The standard InChI is InChI=1S/C15H22N2O2/c1-4-19-13-8-5-7-12-15(13)16-14(18)9-6-10-17(12)11(2)3/h5,7-8,11H,4,6,9-10H2,1-3H3,(H,16,18). The second-order valence-electron chi connectivity index (χ2n) is 5.02. The molecule has 0 atom stereocenters. The number of nitrogens with one attached hydrogen (secondary N) is 1. The van der Waals surface area contributed by atoms with Gasteiger partial charge in [0.2, 0.25) is 5.91 Å². The van der Waals surface area contributed by atoms with Crippen LogP contribution in [-0.2, 0) is 4.79 Å². The zero-order chi connectivity index (χ0) is 13.8. The number of hydrogen-bond acceptors (Lipinski definition) is 3. The van der Waals surface area contributed by atoms with E-state index in [1.54, 1.807) is 0 Å². The molecule has 0 bridgehead atoms. The average molecular weight is 262 g/mol. The lowest BCUT2D eigenvalue weighted by molar-refractivity contribution is -0.116. The highest BCUT2D eigenvalue weighted by molar-refractivity contribution is 5.97. The highest BCUT2D eigenvalue weighted by Crippen LogP contribution is 2.37. The molecule has 1 aromatic carbocycles. The van der Waals surface area contributed by atoms with Gasteiger partial charge in [-0.3, -0.25) is 4.79 Å². The lowest BCUT2D eigenvalue weighted by atomic mass is 10.1. The van der Waals surface area contributed by atoms with E-state index in [9.17, 15) is 4.79 Å². The Kier molecular flexibility index (Phi) is 4.30. The Labute approximate surface area is 114 Å². The molecule has 0 spiro atoms. The van der Waals surface area contributed by atoms with Crippen LogP contribution >= 0.6 is 0 Å². The number of carbonyl (C=O) groups excluding carboxylic acids is 1. The summed E-state index contributed by atoms with van der Waals surface area (Å²) in [4.78, 5) is 14.2. The van der Waals surface area contributed by atoms with Crippen LogP contribution < -0.4 is 15.0 Å². The minimum Gasteiger partial charge on any atom is -0.492 e. The van der Waals surface area contributed by atoms with E-state index < -0.39 is 0 Å². The molecule has 4 heteroatoms. The summed E-state index contributed by atoms with van der Waals surface area (Å²) in [6, 6.07) is 6.32. The van der Waals surface area contributed by atoms with Crippen molar-refractivity contribution >= 4 is 17.3 Å². The van der Waals surface area contributed by atoms with Gasteiger partial charge in [0, 0.05) is 19.0 Å². The number of para-hydroxylation sites is 1. The van der Waals surface area contributed by atoms with Gasteiger partial charge in [0.1, 0.15) is 11.4 Å². The Morgan fingerprint density at radius 2 is 2.21 bits per heavy atom. The molecular formula is C15H22N2O2. The molecule has 0 aliphatic carbocycles. The van der Waals surface area contributed by atoms with Crippen LogP contribution in [0.1, 0.15) is 33.6 Å². The van der Waals surface area contributed by atoms with Gasteiger partial charge in [0.25, 0.3) is 0 Å². The van der Waals surface area contributed by atoms with Crippen LogP contribution in [0.25, 0.3) is 0 Å². The van der Waals surface area contributed by atoms with E-state index in [1.807, 2.05) is 25.1 Å². The summed E-state index contributed by atoms with van der Waals surface area (Å²) in [5, 5.41) is 3.00. The van der Waals surface area contributed by atoms with E-state index in [2.05, 4.69) is 24.1 Å². The van der Waals surface area contributed by atoms with Crippen molar-refractivity contribution in [3.63, 3.8) is 0 Å². The highest BCUT2D eigenvalue weighted by atomic mass is 16.5. The summed E-state index contributed by atoms with van der Waals surface area (Å²) in [6.45, 7) is 7.77. The SMILES string of the molecule is CCOc1cccc2c1NC(=O)CCCN2C(C)C. The first-order chi connectivity index (χ1) is 9.13. The molecule has 19 heavy (non-hydrogen) atoms. The molecule has 1 aliphatic heterocycles. The first kappa shape index (κ1) is 13.7. The fraction of sp³-hybridized carbons (Fsp3) is 0.533. The van der Waals surface area contributed by atoms with Crippen LogP contribution in [0.3, 0.4) is 0 Å². The van der Waals surface area contributed by atoms with Crippen LogP contribution in [-0.4, -0.2) is 25.1 Å². The Hall–Kier alpha value is -1.71. The first-order valence-electron chi connectivity index (χ1n) is 6.95. The van der Waals surface area contributed by atoms with Crippen LogP contribution in [0, 0.1) is 0 Å². The molecule has 2 rings (SSSR count). The van der Waals surface area contributed by atoms with Crippen LogP contribution in [0.5, 0.6) is 5.75 Å². The summed E-state index contributed by atoms with van der Waals surface area (Å²) in [5.41, 5.74) is 1.86. The maximum absolute atomic E-state index is 11.8. The molecule has 0 radical (unpaired) electrons. The van der Waals surface area contributed by atoms with E-state index in [-0.39, 0.29) is 5.91 Å². The predicted octanol–water partition coefficient (Wildman–Crippen LogP) is 3.03. The monoisotopic (exact) mass is 262 g/mol. The lowest BCUT2D eigenvalue weighted by Crippen LogP contribution is -2.35. The fourth-order valence-electron chi connectivity index (χ4n) is 2.43. The first-order valence-corrected chi connectivity index (χ1v) is 6.95. The van der Waals surface area contributed by atoms with Gasteiger partial charge < -0.3 is 15.0 Å². The van der Waals surface area contributed by atoms with Crippen LogP contribution in [0.15, 0.2) is 18.2 Å². The van der Waals surface area contributed by atoms with Crippen molar-refractivity contribution in [2.45, 2.75) is 39.7 Å². The third kappa shape index (κ3) is 3.00. The van der Waals surface area contributed by atoms with Crippen molar-refractivity contribution in [2.24, 2.45) is 0 Å². The fourth-order valence-corrected chi connectivity index (χ4v) is 2.43. The van der Waals surface area contributed by atoms with Crippen molar-refractivity contribution < 1.29 is 9.53 Å². The zero-order valence-corrected chi connectivity index (χ0v) is 11.9. The normalized spacial score (nSPS) is 15.6. The summed E-state index contributed by atoms with van der Waals surface area (Å²) in [5.74, 6) is 0.817. The predicted molar refractivity (Wildman–Crippen MR) is 78.0 cm³/mol. The van der Waals surface area contributed by atoms with E-state index in [0.29, 0.717) is 19.1 Å². The molecule has 4 nitrogen and oxygen atoms in total. The molecule has 0 fully saturated rings. The summed E-state index contributed by atoms with van der Waals surface area (Å²) >= 11 is 0. The molecule has 0 saturated heterocycles. The molecule has 1 aliphatic rings. The lowest BCUT2D eigenvalue weighted by Gasteiger charge is -2.33. The average Bonchev–Trinajstić information content (AvgIpc) is 2.34. The van der Waals surface area contributed by atoms with Gasteiger partial charge in [0.15, 0.2) is 0 Å². The van der Waals surface area contributed by atoms with Crippen molar-refractivity contribution in [3.05, 3.63) is 18.2 Å². The molecule has 0 aromatic heterocycles. The zero-order valence-electron chi connectivity index (χ0n) is 11.9. The maximum atomic E-state index is 11.8. The third-order valence-corrected chi connectivity index (χ3v) is 3.30. The minimum absolute atomic E-state index is 0.0665. The number of carbonyl (C=O) groups is 1. The minimum atomic E-state index is 0.0665. The second-order valence-corrected chi connectivity index (χ2v) is 5.02. The topological polar surface area (TPSA) is 41.6 Å². The maximum Gasteiger partial charge on any atom is 0.224 e. The Morgan fingerprint density at radius 3 is 2.89 bits per heavy atom. The molecule has 104 valence electrons. The number of fused-ring (bicyclic) bond motifs is 1. The van der Waals surface area contributed by atoms with E-state index >= 15 is 0 Å². The Bertz CT molecular complexity index is 457. The van der Waals surface area contributed by atoms with Crippen molar-refractivity contribution in [2.75, 3.05) is 23.4 Å². The van der Waals surface area contributed by atoms with Gasteiger partial charge >= 0.3 is 0 Å². The Morgan fingerprint density at radius 1 is 1.42 bits per heavy atom. The second kappa shape index (κ2) is 5.95. The molecule has 1 N–H and O–H groups in total. The van der Waals surface area contributed by atoms with E-state index in [4.69, 9.17) is 4.74 Å². The molecular weight excluding hydrogens is 240 g/mol. The van der Waals surface area contributed by atoms with Crippen molar-refractivity contribution in [1.82, 2.24) is 0 Å². The van der Waals surface area contributed by atoms with Crippen LogP contribution in [0.4, 0.5) is 11.4 Å². The van der Waals surface area contributed by atoms with E-state index in [0.717, 1.165) is 30.1 Å². The number of hydrogen-bond donors (Lipinski definition) is 1. The number of rotatable bonds is 3. The largest absolute Gasteiger partial charge is 0.492 e. The van der Waals surface area contributed by atoms with Gasteiger partial charge in [-0.15, -0.1) is 0 Å². The van der Waals surface area contributed by atoms with Gasteiger partial charge in [0.05, 0.1) is 12.3 Å². The molecule has 0 unspecified atom stereocenters. The quantitative estimate of drug-likeness (QED) is 0.910. The summed E-state index contributed by atoms with van der Waals surface area (Å²) in [6.07, 6.45) is 1.44. The molecule has 1 heterocycles. The number of amides is 1. The summed E-state index contributed by atoms with van der Waals surface area (Å²) in [7, 11) is 0. The molecule has 0 saturated carbocycles. The van der Waals surface area contributed by atoms with E-state index in [1.165, 1.54) is 0 Å². The Balaban J connectivity index is 2.47. The van der Waals surface area contributed by atoms with Gasteiger partial charge in [-0.05, 0) is 39.3 Å². The highest BCUT2D eigenvalue weighted by Gasteiger charge is 2.21. The summed E-state index contributed by atoms with van der Waals surface area (Å²) < 4.78 is 5.64. The van der Waals surface area contributed by atoms with Gasteiger partial charge in [-0.2, -0.15) is 0 Å². The number of ether oxygens (including phenoxy) is 1.